The van der Waals surface area contributed by atoms with Gasteiger partial charge in [-0.25, -0.2) is 0 Å². The van der Waals surface area contributed by atoms with Crippen molar-refractivity contribution in [3.63, 3.8) is 0 Å². The molecule has 0 aliphatic rings. The van der Waals surface area contributed by atoms with Crippen molar-refractivity contribution < 1.29 is 13.2 Å². The van der Waals surface area contributed by atoms with Crippen molar-refractivity contribution in [2.75, 3.05) is 19.0 Å². The molecule has 6 heteroatoms. The van der Waals surface area contributed by atoms with Crippen LogP contribution in [-0.4, -0.2) is 19.9 Å². The van der Waals surface area contributed by atoms with Gasteiger partial charge >= 0.3 is 6.18 Å². The van der Waals surface area contributed by atoms with Gasteiger partial charge in [0.05, 0.1) is 5.56 Å². The standard InChI is InChI=1S/C16H14ClF3N2/c1-21-15(22(2)14-8-6-13(17)7-9-14)11-4-3-5-12(10-11)16(18,19)20/h3-10H,1-2H3. The normalized spacial score (nSPS) is 12.4. The van der Waals surface area contributed by atoms with Gasteiger partial charge in [-0.05, 0) is 36.4 Å². The molecule has 0 heterocycles. The number of anilines is 1. The largest absolute Gasteiger partial charge is 0.416 e. The molecule has 0 aromatic heterocycles. The van der Waals surface area contributed by atoms with E-state index in [4.69, 9.17) is 11.6 Å². The molecule has 0 aliphatic heterocycles. The van der Waals surface area contributed by atoms with Crippen molar-refractivity contribution in [2.45, 2.75) is 6.18 Å². The predicted octanol–water partition coefficient (Wildman–Crippen LogP) is 4.87. The summed E-state index contributed by atoms with van der Waals surface area (Å²) in [6, 6.07) is 12.1. The molecule has 0 saturated heterocycles. The Labute approximate surface area is 131 Å². The van der Waals surface area contributed by atoms with Crippen LogP contribution in [-0.2, 0) is 6.18 Å². The maximum atomic E-state index is 12.8. The van der Waals surface area contributed by atoms with Gasteiger partial charge in [0.2, 0.25) is 0 Å². The number of alkyl halides is 3. The van der Waals surface area contributed by atoms with E-state index in [9.17, 15) is 13.2 Å². The average Bonchev–Trinajstić information content (AvgIpc) is 2.48. The van der Waals surface area contributed by atoms with Crippen molar-refractivity contribution >= 4 is 23.1 Å². The Bertz CT molecular complexity index is 679. The highest BCUT2D eigenvalue weighted by Gasteiger charge is 2.30. The van der Waals surface area contributed by atoms with Crippen LogP contribution in [0.4, 0.5) is 18.9 Å². The average molecular weight is 327 g/mol. The minimum atomic E-state index is -4.38. The molecule has 116 valence electrons. The van der Waals surface area contributed by atoms with Crippen molar-refractivity contribution in [1.29, 1.82) is 0 Å². The Morgan fingerprint density at radius 1 is 1.09 bits per heavy atom. The Morgan fingerprint density at radius 2 is 1.73 bits per heavy atom. The molecule has 0 aliphatic carbocycles. The first-order valence-electron chi connectivity index (χ1n) is 6.46. The van der Waals surface area contributed by atoms with Gasteiger partial charge in [-0.2, -0.15) is 13.2 Å². The molecular formula is C16H14ClF3N2. The lowest BCUT2D eigenvalue weighted by Gasteiger charge is -2.22. The molecule has 0 unspecified atom stereocenters. The zero-order valence-electron chi connectivity index (χ0n) is 12.0. The van der Waals surface area contributed by atoms with Crippen LogP contribution in [0.3, 0.4) is 0 Å². The topological polar surface area (TPSA) is 15.6 Å². The molecule has 2 nitrogen and oxygen atoms in total. The van der Waals surface area contributed by atoms with Crippen LogP contribution in [0.15, 0.2) is 53.5 Å². The molecule has 0 radical (unpaired) electrons. The van der Waals surface area contributed by atoms with Gasteiger partial charge in [-0.1, -0.05) is 23.7 Å². The van der Waals surface area contributed by atoms with Gasteiger partial charge in [0.25, 0.3) is 0 Å². The number of hydrogen-bond donors (Lipinski definition) is 0. The Balaban J connectivity index is 2.38. The predicted molar refractivity (Wildman–Crippen MR) is 83.8 cm³/mol. The molecule has 0 bridgehead atoms. The number of amidine groups is 1. The fourth-order valence-corrected chi connectivity index (χ4v) is 2.22. The third-order valence-corrected chi connectivity index (χ3v) is 3.44. The van der Waals surface area contributed by atoms with E-state index in [2.05, 4.69) is 4.99 Å². The Morgan fingerprint density at radius 3 is 2.27 bits per heavy atom. The van der Waals surface area contributed by atoms with Crippen LogP contribution in [0.1, 0.15) is 11.1 Å². The zero-order chi connectivity index (χ0) is 16.3. The van der Waals surface area contributed by atoms with Crippen LogP contribution < -0.4 is 4.90 Å². The number of rotatable bonds is 2. The summed E-state index contributed by atoms with van der Waals surface area (Å²) in [5.41, 5.74) is 0.479. The Hall–Kier alpha value is -2.01. The van der Waals surface area contributed by atoms with Gasteiger partial charge in [0, 0.05) is 30.4 Å². The van der Waals surface area contributed by atoms with Gasteiger partial charge in [-0.3, -0.25) is 4.99 Å². The second kappa shape index (κ2) is 6.40. The summed E-state index contributed by atoms with van der Waals surface area (Å²) in [5, 5.41) is 0.589. The maximum absolute atomic E-state index is 12.8. The van der Waals surface area contributed by atoms with E-state index in [1.54, 1.807) is 49.3 Å². The SMILES string of the molecule is CN=C(c1cccc(C(F)(F)F)c1)N(C)c1ccc(Cl)cc1. The minimum absolute atomic E-state index is 0.398. The van der Waals surface area contributed by atoms with Crippen LogP contribution in [0.25, 0.3) is 0 Å². The zero-order valence-corrected chi connectivity index (χ0v) is 12.8. The summed E-state index contributed by atoms with van der Waals surface area (Å²) in [6.07, 6.45) is -4.38. The third kappa shape index (κ3) is 3.60. The Kier molecular flexibility index (Phi) is 4.76. The van der Waals surface area contributed by atoms with Gasteiger partial charge in [-0.15, -0.1) is 0 Å². The summed E-state index contributed by atoms with van der Waals surface area (Å²) in [5.74, 6) is 0.438. The van der Waals surface area contributed by atoms with E-state index in [-0.39, 0.29) is 0 Å². The second-order valence-corrected chi connectivity index (χ2v) is 5.10. The molecule has 2 aromatic rings. The van der Waals surface area contributed by atoms with E-state index in [0.29, 0.717) is 16.4 Å². The summed E-state index contributed by atoms with van der Waals surface area (Å²) in [6.45, 7) is 0. The summed E-state index contributed by atoms with van der Waals surface area (Å²) >= 11 is 5.84. The van der Waals surface area contributed by atoms with Crippen LogP contribution in [0, 0.1) is 0 Å². The fraction of sp³-hybridized carbons (Fsp3) is 0.188. The number of benzene rings is 2. The minimum Gasteiger partial charge on any atom is -0.329 e. The fourth-order valence-electron chi connectivity index (χ4n) is 2.09. The van der Waals surface area contributed by atoms with Crippen molar-refractivity contribution in [3.05, 3.63) is 64.7 Å². The van der Waals surface area contributed by atoms with E-state index in [0.717, 1.165) is 17.8 Å². The quantitative estimate of drug-likeness (QED) is 0.568. The molecule has 22 heavy (non-hydrogen) atoms. The van der Waals surface area contributed by atoms with E-state index < -0.39 is 11.7 Å². The molecule has 0 N–H and O–H groups in total. The summed E-state index contributed by atoms with van der Waals surface area (Å²) in [4.78, 5) is 5.84. The smallest absolute Gasteiger partial charge is 0.329 e. The third-order valence-electron chi connectivity index (χ3n) is 3.19. The molecule has 2 aromatic carbocycles. The van der Waals surface area contributed by atoms with E-state index in [1.807, 2.05) is 0 Å². The monoisotopic (exact) mass is 326 g/mol. The lowest BCUT2D eigenvalue weighted by atomic mass is 10.1. The lowest BCUT2D eigenvalue weighted by molar-refractivity contribution is -0.137. The highest BCUT2D eigenvalue weighted by atomic mass is 35.5. The first-order valence-corrected chi connectivity index (χ1v) is 6.84. The number of nitrogens with zero attached hydrogens (tertiary/aromatic N) is 2. The molecular weight excluding hydrogens is 313 g/mol. The first-order chi connectivity index (χ1) is 10.3. The number of aliphatic imine (C=N–C) groups is 1. The molecule has 0 atom stereocenters. The maximum Gasteiger partial charge on any atom is 0.416 e. The number of hydrogen-bond acceptors (Lipinski definition) is 1. The lowest BCUT2D eigenvalue weighted by Crippen LogP contribution is -2.27. The highest BCUT2D eigenvalue weighted by molar-refractivity contribution is 6.30. The van der Waals surface area contributed by atoms with Crippen LogP contribution in [0.2, 0.25) is 5.02 Å². The summed E-state index contributed by atoms with van der Waals surface area (Å²) < 4.78 is 38.5. The van der Waals surface area contributed by atoms with Gasteiger partial charge < -0.3 is 4.90 Å². The number of halogens is 4. The highest BCUT2D eigenvalue weighted by Crippen LogP contribution is 2.30. The van der Waals surface area contributed by atoms with Gasteiger partial charge in [0.1, 0.15) is 5.84 Å². The molecule has 0 saturated carbocycles. The molecule has 2 rings (SSSR count). The van der Waals surface area contributed by atoms with Crippen molar-refractivity contribution in [2.24, 2.45) is 4.99 Å². The summed E-state index contributed by atoms with van der Waals surface area (Å²) in [7, 11) is 3.29. The molecule has 0 spiro atoms. The van der Waals surface area contributed by atoms with Crippen LogP contribution in [0.5, 0.6) is 0 Å². The van der Waals surface area contributed by atoms with Crippen molar-refractivity contribution in [3.8, 4) is 0 Å². The van der Waals surface area contributed by atoms with Gasteiger partial charge in [0.15, 0.2) is 0 Å². The van der Waals surface area contributed by atoms with E-state index >= 15 is 0 Å². The van der Waals surface area contributed by atoms with Crippen molar-refractivity contribution in [1.82, 2.24) is 0 Å². The van der Waals surface area contributed by atoms with E-state index in [1.165, 1.54) is 6.07 Å². The molecule has 0 amide bonds. The second-order valence-electron chi connectivity index (χ2n) is 4.66. The molecule has 0 fully saturated rings. The first kappa shape index (κ1) is 16.4. The van der Waals surface area contributed by atoms with Crippen LogP contribution >= 0.6 is 11.6 Å².